The Morgan fingerprint density at radius 1 is 1.36 bits per heavy atom. The molecular formula is C15H17FN2O3S. The minimum Gasteiger partial charge on any atom is -0.380 e. The molecule has 0 spiro atoms. The molecule has 2 rings (SSSR count). The van der Waals surface area contributed by atoms with Gasteiger partial charge in [0.05, 0.1) is 18.0 Å². The number of hydrogen-bond acceptors (Lipinski definition) is 4. The summed E-state index contributed by atoms with van der Waals surface area (Å²) in [5.41, 5.74) is 0.510. The van der Waals surface area contributed by atoms with Crippen molar-refractivity contribution in [2.24, 2.45) is 0 Å². The number of fused-ring (bicyclic) bond motifs is 1. The van der Waals surface area contributed by atoms with Crippen LogP contribution in [-0.4, -0.2) is 44.5 Å². The molecule has 1 heterocycles. The Labute approximate surface area is 131 Å². The first-order valence-electron chi connectivity index (χ1n) is 6.63. The Bertz CT molecular complexity index is 712. The Hall–Kier alpha value is -1.99. The number of benzene rings is 1. The fourth-order valence-corrected chi connectivity index (χ4v) is 3.17. The first-order chi connectivity index (χ1) is 10.5. The second kappa shape index (κ2) is 6.85. The van der Waals surface area contributed by atoms with Crippen molar-refractivity contribution in [3.8, 4) is 0 Å². The fourth-order valence-electron chi connectivity index (χ4n) is 2.03. The van der Waals surface area contributed by atoms with Gasteiger partial charge in [0.2, 0.25) is 5.91 Å². The summed E-state index contributed by atoms with van der Waals surface area (Å²) in [7, 11) is 4.71. The monoisotopic (exact) mass is 324 g/mol. The van der Waals surface area contributed by atoms with Gasteiger partial charge in [-0.15, -0.1) is 11.3 Å². The topological polar surface area (TPSA) is 58.6 Å². The van der Waals surface area contributed by atoms with Gasteiger partial charge in [0.1, 0.15) is 5.82 Å². The van der Waals surface area contributed by atoms with Crippen LogP contribution in [0, 0.1) is 5.82 Å². The number of methoxy groups -OCH3 is 1. The average molecular weight is 324 g/mol. The zero-order valence-corrected chi connectivity index (χ0v) is 13.4. The van der Waals surface area contributed by atoms with Crippen molar-refractivity contribution in [1.29, 1.82) is 0 Å². The highest BCUT2D eigenvalue weighted by atomic mass is 32.1. The molecule has 0 aliphatic rings. The van der Waals surface area contributed by atoms with Crippen LogP contribution in [0.1, 0.15) is 15.2 Å². The van der Waals surface area contributed by atoms with E-state index in [1.54, 1.807) is 26.2 Å². The van der Waals surface area contributed by atoms with E-state index in [-0.39, 0.29) is 24.9 Å². The summed E-state index contributed by atoms with van der Waals surface area (Å²) in [6.45, 7) is 0.0281. The summed E-state index contributed by atoms with van der Waals surface area (Å²) in [6, 6.07) is 4.71. The van der Waals surface area contributed by atoms with Crippen LogP contribution in [0.5, 0.6) is 0 Å². The fraction of sp³-hybridized carbons (Fsp3) is 0.333. The maximum atomic E-state index is 14.0. The molecule has 0 aliphatic carbocycles. The standard InChI is InChI=1S/C15H17FN2O3S/c1-18(2)12(19)7-17-15(20)14-9(8-21-3)13-10(16)5-4-6-11(13)22-14/h4-6H,7-8H2,1-3H3,(H,17,20). The molecule has 0 saturated carbocycles. The first kappa shape index (κ1) is 16.4. The lowest BCUT2D eigenvalue weighted by atomic mass is 10.1. The number of carbonyl (C=O) groups excluding carboxylic acids is 2. The summed E-state index contributed by atoms with van der Waals surface area (Å²) in [6.07, 6.45) is 0. The van der Waals surface area contributed by atoms with Gasteiger partial charge in [-0.05, 0) is 12.1 Å². The summed E-state index contributed by atoms with van der Waals surface area (Å²) in [5.74, 6) is -0.999. The van der Waals surface area contributed by atoms with Crippen molar-refractivity contribution in [3.63, 3.8) is 0 Å². The van der Waals surface area contributed by atoms with Crippen molar-refractivity contribution >= 4 is 33.2 Å². The molecule has 0 bridgehead atoms. The molecule has 2 aromatic rings. The predicted octanol–water partition coefficient (Wildman–Crippen LogP) is 2.00. The summed E-state index contributed by atoms with van der Waals surface area (Å²) in [4.78, 5) is 25.6. The maximum absolute atomic E-state index is 14.0. The number of thiophene rings is 1. The molecule has 118 valence electrons. The van der Waals surface area contributed by atoms with Crippen LogP contribution in [0.4, 0.5) is 4.39 Å². The van der Waals surface area contributed by atoms with Gasteiger partial charge in [-0.1, -0.05) is 6.07 Å². The highest BCUT2D eigenvalue weighted by molar-refractivity contribution is 7.21. The van der Waals surface area contributed by atoms with Gasteiger partial charge in [0.15, 0.2) is 0 Å². The average Bonchev–Trinajstić information content (AvgIpc) is 2.85. The molecule has 1 aromatic heterocycles. The van der Waals surface area contributed by atoms with Gasteiger partial charge in [0.25, 0.3) is 5.91 Å². The lowest BCUT2D eigenvalue weighted by molar-refractivity contribution is -0.127. The van der Waals surface area contributed by atoms with E-state index in [0.29, 0.717) is 20.5 Å². The number of nitrogens with zero attached hydrogens (tertiary/aromatic N) is 1. The Morgan fingerprint density at radius 2 is 2.09 bits per heavy atom. The molecule has 0 atom stereocenters. The van der Waals surface area contributed by atoms with E-state index in [4.69, 9.17) is 4.74 Å². The van der Waals surface area contributed by atoms with Crippen LogP contribution in [0.25, 0.3) is 10.1 Å². The molecule has 2 amide bonds. The highest BCUT2D eigenvalue weighted by Gasteiger charge is 2.21. The van der Waals surface area contributed by atoms with Crippen LogP contribution in [-0.2, 0) is 16.1 Å². The predicted molar refractivity (Wildman–Crippen MR) is 83.5 cm³/mol. The minimum atomic E-state index is -0.400. The third-order valence-corrected chi connectivity index (χ3v) is 4.35. The summed E-state index contributed by atoms with van der Waals surface area (Å²) in [5, 5.41) is 2.96. The molecule has 0 saturated heterocycles. The summed E-state index contributed by atoms with van der Waals surface area (Å²) < 4.78 is 19.8. The molecule has 1 aromatic carbocycles. The molecular weight excluding hydrogens is 307 g/mol. The molecule has 0 fully saturated rings. The van der Waals surface area contributed by atoms with Crippen LogP contribution in [0.3, 0.4) is 0 Å². The molecule has 0 radical (unpaired) electrons. The van der Waals surface area contributed by atoms with Gasteiger partial charge < -0.3 is 15.0 Å². The highest BCUT2D eigenvalue weighted by Crippen LogP contribution is 2.33. The number of amides is 2. The van der Waals surface area contributed by atoms with Gasteiger partial charge in [-0.25, -0.2) is 4.39 Å². The van der Waals surface area contributed by atoms with Crippen LogP contribution in [0.15, 0.2) is 18.2 Å². The number of rotatable bonds is 5. The smallest absolute Gasteiger partial charge is 0.262 e. The van der Waals surface area contributed by atoms with Gasteiger partial charge in [-0.3, -0.25) is 9.59 Å². The van der Waals surface area contributed by atoms with E-state index < -0.39 is 5.91 Å². The van der Waals surface area contributed by atoms with E-state index >= 15 is 0 Å². The minimum absolute atomic E-state index is 0.102. The van der Waals surface area contributed by atoms with Crippen molar-refractivity contribution in [1.82, 2.24) is 10.2 Å². The molecule has 22 heavy (non-hydrogen) atoms. The Morgan fingerprint density at radius 3 is 2.73 bits per heavy atom. The SMILES string of the molecule is COCc1c(C(=O)NCC(=O)N(C)C)sc2cccc(F)c12. The number of ether oxygens (including phenoxy) is 1. The zero-order valence-electron chi connectivity index (χ0n) is 12.6. The van der Waals surface area contributed by atoms with E-state index in [1.165, 1.54) is 29.4 Å². The molecule has 0 aliphatic heterocycles. The van der Waals surface area contributed by atoms with Crippen LogP contribution < -0.4 is 5.32 Å². The van der Waals surface area contributed by atoms with Crippen molar-refractivity contribution in [2.45, 2.75) is 6.61 Å². The second-order valence-electron chi connectivity index (χ2n) is 4.93. The maximum Gasteiger partial charge on any atom is 0.262 e. The largest absolute Gasteiger partial charge is 0.380 e. The molecule has 5 nitrogen and oxygen atoms in total. The lowest BCUT2D eigenvalue weighted by Crippen LogP contribution is -2.36. The Balaban J connectivity index is 2.33. The third kappa shape index (κ3) is 3.26. The van der Waals surface area contributed by atoms with Crippen molar-refractivity contribution in [2.75, 3.05) is 27.7 Å². The van der Waals surface area contributed by atoms with Crippen LogP contribution in [0.2, 0.25) is 0 Å². The summed E-state index contributed by atoms with van der Waals surface area (Å²) >= 11 is 1.19. The van der Waals surface area contributed by atoms with E-state index in [9.17, 15) is 14.0 Å². The zero-order chi connectivity index (χ0) is 16.3. The quantitative estimate of drug-likeness (QED) is 0.915. The van der Waals surface area contributed by atoms with Gasteiger partial charge in [-0.2, -0.15) is 0 Å². The Kier molecular flexibility index (Phi) is 5.10. The number of carbonyl (C=O) groups is 2. The van der Waals surface area contributed by atoms with Crippen molar-refractivity contribution < 1.29 is 18.7 Å². The molecule has 0 unspecified atom stereocenters. The van der Waals surface area contributed by atoms with Crippen LogP contribution >= 0.6 is 11.3 Å². The second-order valence-corrected chi connectivity index (χ2v) is 5.98. The normalized spacial score (nSPS) is 10.7. The first-order valence-corrected chi connectivity index (χ1v) is 7.44. The van der Waals surface area contributed by atoms with E-state index in [1.807, 2.05) is 0 Å². The van der Waals surface area contributed by atoms with Gasteiger partial charge >= 0.3 is 0 Å². The van der Waals surface area contributed by atoms with E-state index in [2.05, 4.69) is 5.32 Å². The van der Waals surface area contributed by atoms with E-state index in [0.717, 1.165) is 0 Å². The number of hydrogen-bond donors (Lipinski definition) is 1. The molecule has 1 N–H and O–H groups in total. The number of nitrogens with one attached hydrogen (secondary N) is 1. The number of halogens is 1. The third-order valence-electron chi connectivity index (χ3n) is 3.16. The molecule has 7 heteroatoms. The van der Waals surface area contributed by atoms with Gasteiger partial charge in [0, 0.05) is 36.9 Å². The lowest BCUT2D eigenvalue weighted by Gasteiger charge is -2.11. The van der Waals surface area contributed by atoms with Crippen molar-refractivity contribution in [3.05, 3.63) is 34.5 Å². The number of likely N-dealkylation sites (N-methyl/N-ethyl adjacent to an activating group) is 1.